The summed E-state index contributed by atoms with van der Waals surface area (Å²) in [5.41, 5.74) is 1.83. The Morgan fingerprint density at radius 2 is 1.90 bits per heavy atom. The second-order valence-electron chi connectivity index (χ2n) is 8.54. The molecule has 39 heavy (non-hydrogen) atoms. The summed E-state index contributed by atoms with van der Waals surface area (Å²) in [7, 11) is 1.40. The summed E-state index contributed by atoms with van der Waals surface area (Å²) in [5, 5.41) is 10.2. The molecular formula is C29H22ClFN2O5S. The number of aromatic nitrogens is 1. The van der Waals surface area contributed by atoms with Crippen LogP contribution in [0.3, 0.4) is 0 Å². The van der Waals surface area contributed by atoms with Gasteiger partial charge in [0.15, 0.2) is 16.3 Å². The SMILES string of the molecule is CCOC(=O)C1=C(c2ccccc2)N=c2s/c(=C\c3cc(Cl)c(O)c(OC)c3)c(=O)n2[C@H]1c1ccc(F)cc1. The van der Waals surface area contributed by atoms with Crippen molar-refractivity contribution in [3.63, 3.8) is 0 Å². The summed E-state index contributed by atoms with van der Waals surface area (Å²) < 4.78 is 26.2. The highest BCUT2D eigenvalue weighted by Crippen LogP contribution is 2.36. The molecule has 1 atom stereocenters. The predicted molar refractivity (Wildman–Crippen MR) is 147 cm³/mol. The van der Waals surface area contributed by atoms with E-state index in [0.717, 1.165) is 11.3 Å². The van der Waals surface area contributed by atoms with E-state index in [0.29, 0.717) is 31.7 Å². The van der Waals surface area contributed by atoms with Crippen LogP contribution in [0.2, 0.25) is 5.02 Å². The van der Waals surface area contributed by atoms with Crippen LogP contribution in [0.25, 0.3) is 11.8 Å². The standard InChI is InChI=1S/C29H22ClFN2O5S/c1-3-38-28(36)23-24(17-7-5-4-6-8-17)32-29-33(25(23)18-9-11-19(31)12-10-18)27(35)22(39-29)15-16-13-20(30)26(34)21(14-16)37-2/h4-15,25,34H,3H2,1-2H3/b22-15-/t25-/m0/s1. The Morgan fingerprint density at radius 3 is 2.56 bits per heavy atom. The predicted octanol–water partition coefficient (Wildman–Crippen LogP) is 4.44. The number of phenols is 1. The molecule has 0 amide bonds. The molecule has 5 rings (SSSR count). The van der Waals surface area contributed by atoms with Crippen LogP contribution in [-0.4, -0.2) is 29.4 Å². The molecule has 0 radical (unpaired) electrons. The van der Waals surface area contributed by atoms with Gasteiger partial charge in [0.2, 0.25) is 0 Å². The van der Waals surface area contributed by atoms with Crippen molar-refractivity contribution in [2.24, 2.45) is 4.99 Å². The van der Waals surface area contributed by atoms with Crippen molar-refractivity contribution in [2.75, 3.05) is 13.7 Å². The van der Waals surface area contributed by atoms with Gasteiger partial charge in [0.25, 0.3) is 5.56 Å². The first-order chi connectivity index (χ1) is 18.8. The van der Waals surface area contributed by atoms with Crippen molar-refractivity contribution >= 4 is 40.7 Å². The fraction of sp³-hybridized carbons (Fsp3) is 0.138. The number of aromatic hydroxyl groups is 1. The molecule has 7 nitrogen and oxygen atoms in total. The largest absolute Gasteiger partial charge is 0.503 e. The van der Waals surface area contributed by atoms with Crippen LogP contribution in [0.1, 0.15) is 29.7 Å². The zero-order valence-corrected chi connectivity index (χ0v) is 22.4. The molecule has 0 saturated carbocycles. The molecule has 1 aromatic heterocycles. The van der Waals surface area contributed by atoms with Gasteiger partial charge in [0.1, 0.15) is 5.82 Å². The third-order valence-electron chi connectivity index (χ3n) is 6.13. The van der Waals surface area contributed by atoms with Gasteiger partial charge in [-0.25, -0.2) is 14.2 Å². The number of phenolic OH excluding ortho intramolecular Hbond substituents is 1. The van der Waals surface area contributed by atoms with Crippen molar-refractivity contribution in [3.05, 3.63) is 120 Å². The first kappa shape index (κ1) is 26.4. The fourth-order valence-corrected chi connectivity index (χ4v) is 5.61. The molecule has 0 bridgehead atoms. The Balaban J connectivity index is 1.82. The molecule has 3 aromatic carbocycles. The summed E-state index contributed by atoms with van der Waals surface area (Å²) in [4.78, 5) is 32.4. The van der Waals surface area contributed by atoms with Crippen molar-refractivity contribution in [2.45, 2.75) is 13.0 Å². The molecule has 0 spiro atoms. The maximum atomic E-state index is 13.9. The highest BCUT2D eigenvalue weighted by atomic mass is 35.5. The van der Waals surface area contributed by atoms with E-state index in [9.17, 15) is 19.1 Å². The second kappa shape index (κ2) is 10.9. The zero-order valence-electron chi connectivity index (χ0n) is 20.9. The van der Waals surface area contributed by atoms with Crippen LogP contribution in [0.5, 0.6) is 11.5 Å². The number of fused-ring (bicyclic) bond motifs is 1. The lowest BCUT2D eigenvalue weighted by Gasteiger charge is -2.25. The number of carbonyl (C=O) groups excluding carboxylic acids is 1. The summed E-state index contributed by atoms with van der Waals surface area (Å²) in [6.07, 6.45) is 1.61. The van der Waals surface area contributed by atoms with Crippen LogP contribution in [-0.2, 0) is 9.53 Å². The number of benzene rings is 3. The number of hydrogen-bond acceptors (Lipinski definition) is 7. The first-order valence-corrected chi connectivity index (χ1v) is 13.1. The second-order valence-corrected chi connectivity index (χ2v) is 9.95. The number of esters is 1. The third-order valence-corrected chi connectivity index (χ3v) is 7.40. The molecule has 1 aliphatic rings. The van der Waals surface area contributed by atoms with Gasteiger partial charge in [0, 0.05) is 5.56 Å². The van der Waals surface area contributed by atoms with E-state index in [-0.39, 0.29) is 28.7 Å². The van der Waals surface area contributed by atoms with Gasteiger partial charge in [-0.15, -0.1) is 0 Å². The molecule has 1 aliphatic heterocycles. The number of thiazole rings is 1. The number of halogens is 2. The minimum Gasteiger partial charge on any atom is -0.503 e. The summed E-state index contributed by atoms with van der Waals surface area (Å²) in [6.45, 7) is 1.81. The maximum absolute atomic E-state index is 13.9. The Kier molecular flexibility index (Phi) is 7.36. The van der Waals surface area contributed by atoms with E-state index in [1.165, 1.54) is 42.0 Å². The van der Waals surface area contributed by atoms with Crippen LogP contribution in [0.4, 0.5) is 4.39 Å². The van der Waals surface area contributed by atoms with Crippen LogP contribution < -0.4 is 19.6 Å². The van der Waals surface area contributed by atoms with E-state index in [1.54, 1.807) is 19.1 Å². The smallest absolute Gasteiger partial charge is 0.338 e. The summed E-state index contributed by atoms with van der Waals surface area (Å²) >= 11 is 7.28. The molecule has 2 heterocycles. The highest BCUT2D eigenvalue weighted by Gasteiger charge is 2.35. The highest BCUT2D eigenvalue weighted by molar-refractivity contribution is 7.07. The zero-order chi connectivity index (χ0) is 27.7. The molecule has 10 heteroatoms. The van der Waals surface area contributed by atoms with E-state index in [2.05, 4.69) is 0 Å². The first-order valence-electron chi connectivity index (χ1n) is 11.9. The average molecular weight is 565 g/mol. The number of hydrogen-bond donors (Lipinski definition) is 1. The van der Waals surface area contributed by atoms with Crippen molar-refractivity contribution in [1.82, 2.24) is 4.57 Å². The quantitative estimate of drug-likeness (QED) is 0.350. The third kappa shape index (κ3) is 4.98. The molecule has 0 aliphatic carbocycles. The van der Waals surface area contributed by atoms with E-state index in [1.807, 2.05) is 30.3 Å². The van der Waals surface area contributed by atoms with Crippen LogP contribution in [0, 0.1) is 5.82 Å². The van der Waals surface area contributed by atoms with Crippen molar-refractivity contribution in [3.8, 4) is 11.5 Å². The van der Waals surface area contributed by atoms with Crippen LogP contribution in [0.15, 0.2) is 82.1 Å². The topological polar surface area (TPSA) is 90.1 Å². The Bertz CT molecular complexity index is 1780. The lowest BCUT2D eigenvalue weighted by molar-refractivity contribution is -0.138. The number of carbonyl (C=O) groups is 1. The Morgan fingerprint density at radius 1 is 1.18 bits per heavy atom. The normalized spacial score (nSPS) is 15.1. The van der Waals surface area contributed by atoms with Crippen molar-refractivity contribution < 1.29 is 23.8 Å². The minimum atomic E-state index is -0.920. The van der Waals surface area contributed by atoms with E-state index in [4.69, 9.17) is 26.1 Å². The monoisotopic (exact) mass is 564 g/mol. The summed E-state index contributed by atoms with van der Waals surface area (Å²) in [5.74, 6) is -1.13. The van der Waals surface area contributed by atoms with Crippen LogP contribution >= 0.6 is 22.9 Å². The Labute approximate surface area is 231 Å². The Hall–Kier alpha value is -4.21. The molecule has 198 valence electrons. The summed E-state index contributed by atoms with van der Waals surface area (Å²) in [6, 6.07) is 16.9. The molecule has 4 aromatic rings. The number of rotatable bonds is 6. The van der Waals surface area contributed by atoms with Crippen molar-refractivity contribution in [1.29, 1.82) is 0 Å². The van der Waals surface area contributed by atoms with E-state index < -0.39 is 23.4 Å². The van der Waals surface area contributed by atoms with Gasteiger partial charge in [-0.05, 0) is 48.4 Å². The lowest BCUT2D eigenvalue weighted by Crippen LogP contribution is -2.40. The number of nitrogens with zero attached hydrogens (tertiary/aromatic N) is 2. The molecular weight excluding hydrogens is 543 g/mol. The molecule has 0 unspecified atom stereocenters. The lowest BCUT2D eigenvalue weighted by atomic mass is 9.93. The maximum Gasteiger partial charge on any atom is 0.338 e. The van der Waals surface area contributed by atoms with Gasteiger partial charge in [-0.3, -0.25) is 9.36 Å². The number of ether oxygens (including phenoxy) is 2. The fourth-order valence-electron chi connectivity index (χ4n) is 4.38. The van der Waals surface area contributed by atoms with E-state index >= 15 is 0 Å². The molecule has 0 fully saturated rings. The molecule has 1 N–H and O–H groups in total. The number of methoxy groups -OCH3 is 1. The minimum absolute atomic E-state index is 0.0634. The van der Waals surface area contributed by atoms with Gasteiger partial charge in [0.05, 0.1) is 40.6 Å². The average Bonchev–Trinajstić information content (AvgIpc) is 3.25. The van der Waals surface area contributed by atoms with Gasteiger partial charge < -0.3 is 14.6 Å². The van der Waals surface area contributed by atoms with Gasteiger partial charge in [-0.1, -0.05) is 65.4 Å². The van der Waals surface area contributed by atoms with Gasteiger partial charge in [-0.2, -0.15) is 0 Å². The van der Waals surface area contributed by atoms with Gasteiger partial charge >= 0.3 is 5.97 Å². The molecule has 0 saturated heterocycles.